The number of carbonyl (C=O) groups excluding carboxylic acids is 1. The lowest BCUT2D eigenvalue weighted by Crippen LogP contribution is -2.32. The van der Waals surface area contributed by atoms with E-state index in [-0.39, 0.29) is 5.91 Å². The third-order valence-corrected chi connectivity index (χ3v) is 3.41. The van der Waals surface area contributed by atoms with Gasteiger partial charge in [0.1, 0.15) is 5.75 Å². The highest BCUT2D eigenvalue weighted by atomic mass is 16.5. The molecule has 2 rings (SSSR count). The fourth-order valence-electron chi connectivity index (χ4n) is 2.23. The van der Waals surface area contributed by atoms with Crippen LogP contribution >= 0.6 is 0 Å². The minimum absolute atomic E-state index is 0.0682. The number of nitrogens with one attached hydrogen (secondary N) is 1. The molecule has 1 N–H and O–H groups in total. The molecule has 0 spiro atoms. The van der Waals surface area contributed by atoms with Crippen LogP contribution in [0.4, 0.5) is 11.4 Å². The molecule has 0 aliphatic carbocycles. The van der Waals surface area contributed by atoms with E-state index in [2.05, 4.69) is 22.3 Å². The van der Waals surface area contributed by atoms with Gasteiger partial charge in [0.25, 0.3) is 0 Å². The molecule has 0 bridgehead atoms. The summed E-state index contributed by atoms with van der Waals surface area (Å²) in [5.41, 5.74) is 2.12. The maximum atomic E-state index is 11.4. The zero-order valence-corrected chi connectivity index (χ0v) is 13.1. The van der Waals surface area contributed by atoms with Crippen molar-refractivity contribution in [1.82, 2.24) is 5.32 Å². The zero-order chi connectivity index (χ0) is 15.8. The van der Waals surface area contributed by atoms with Gasteiger partial charge >= 0.3 is 0 Å². The number of rotatable bonds is 7. The third-order valence-electron chi connectivity index (χ3n) is 3.41. The Morgan fingerprint density at radius 3 is 2.50 bits per heavy atom. The van der Waals surface area contributed by atoms with Crippen molar-refractivity contribution in [2.45, 2.75) is 13.3 Å². The van der Waals surface area contributed by atoms with Gasteiger partial charge in [-0.05, 0) is 24.3 Å². The van der Waals surface area contributed by atoms with Crippen LogP contribution in [0.15, 0.2) is 54.6 Å². The molecule has 0 aliphatic rings. The van der Waals surface area contributed by atoms with Crippen molar-refractivity contribution in [2.24, 2.45) is 0 Å². The first-order chi connectivity index (χ1) is 10.7. The Bertz CT molecular complexity index is 599. The second-order valence-corrected chi connectivity index (χ2v) is 4.89. The number of benzene rings is 2. The number of carbonyl (C=O) groups is 1. The van der Waals surface area contributed by atoms with Crippen molar-refractivity contribution in [3.05, 3.63) is 54.6 Å². The number of hydrogen-bond acceptors (Lipinski definition) is 3. The number of methoxy groups -OCH3 is 1. The van der Waals surface area contributed by atoms with Crippen LogP contribution in [-0.4, -0.2) is 26.1 Å². The average Bonchev–Trinajstić information content (AvgIpc) is 2.59. The minimum Gasteiger partial charge on any atom is -0.497 e. The van der Waals surface area contributed by atoms with Gasteiger partial charge in [0, 0.05) is 37.0 Å². The lowest BCUT2D eigenvalue weighted by Gasteiger charge is -2.25. The summed E-state index contributed by atoms with van der Waals surface area (Å²) in [5.74, 6) is 0.884. The van der Waals surface area contributed by atoms with Gasteiger partial charge in [-0.25, -0.2) is 0 Å². The number of hydrogen-bond donors (Lipinski definition) is 1. The molecule has 0 aliphatic heterocycles. The summed E-state index contributed by atoms with van der Waals surface area (Å²) in [6.07, 6.45) is 0.504. The van der Waals surface area contributed by atoms with Crippen LogP contribution in [0.5, 0.6) is 5.75 Å². The van der Waals surface area contributed by atoms with Crippen LogP contribution in [0.25, 0.3) is 0 Å². The van der Waals surface area contributed by atoms with Gasteiger partial charge in [0.05, 0.1) is 7.11 Å². The van der Waals surface area contributed by atoms with Crippen molar-refractivity contribution in [1.29, 1.82) is 0 Å². The van der Waals surface area contributed by atoms with Gasteiger partial charge in [-0.3, -0.25) is 4.79 Å². The number of para-hydroxylation sites is 1. The van der Waals surface area contributed by atoms with Gasteiger partial charge in [0.2, 0.25) is 5.91 Å². The van der Waals surface area contributed by atoms with Crippen LogP contribution in [0.2, 0.25) is 0 Å². The zero-order valence-electron chi connectivity index (χ0n) is 13.1. The van der Waals surface area contributed by atoms with Crippen molar-refractivity contribution in [3.8, 4) is 5.75 Å². The van der Waals surface area contributed by atoms with Crippen LogP contribution in [-0.2, 0) is 4.79 Å². The van der Waals surface area contributed by atoms with E-state index < -0.39 is 0 Å². The second-order valence-electron chi connectivity index (χ2n) is 4.89. The first-order valence-electron chi connectivity index (χ1n) is 7.48. The number of nitrogens with zero attached hydrogens (tertiary/aromatic N) is 1. The van der Waals surface area contributed by atoms with Crippen LogP contribution in [0.1, 0.15) is 13.3 Å². The maximum Gasteiger partial charge on any atom is 0.219 e. The Morgan fingerprint density at radius 2 is 1.82 bits per heavy atom. The Kier molecular flexibility index (Phi) is 5.83. The van der Waals surface area contributed by atoms with E-state index in [0.29, 0.717) is 19.5 Å². The first kappa shape index (κ1) is 15.9. The Morgan fingerprint density at radius 1 is 1.09 bits per heavy atom. The molecule has 116 valence electrons. The van der Waals surface area contributed by atoms with E-state index in [1.54, 1.807) is 7.11 Å². The third kappa shape index (κ3) is 4.25. The SMILES string of the molecule is CCC(=O)NCCN(c1ccccc1)c1cccc(OC)c1. The van der Waals surface area contributed by atoms with Gasteiger partial charge in [0.15, 0.2) is 0 Å². The molecule has 0 saturated carbocycles. The van der Waals surface area contributed by atoms with E-state index in [9.17, 15) is 4.79 Å². The summed E-state index contributed by atoms with van der Waals surface area (Å²) in [4.78, 5) is 13.6. The van der Waals surface area contributed by atoms with Gasteiger partial charge < -0.3 is 15.0 Å². The first-order valence-corrected chi connectivity index (χ1v) is 7.48. The number of anilines is 2. The van der Waals surface area contributed by atoms with Gasteiger partial charge in [-0.2, -0.15) is 0 Å². The standard InChI is InChI=1S/C18H22N2O2/c1-3-18(21)19-12-13-20(15-8-5-4-6-9-15)16-10-7-11-17(14-16)22-2/h4-11,14H,3,12-13H2,1-2H3,(H,19,21). The second kappa shape index (κ2) is 8.08. The molecular weight excluding hydrogens is 276 g/mol. The van der Waals surface area contributed by atoms with Crippen molar-refractivity contribution >= 4 is 17.3 Å². The monoisotopic (exact) mass is 298 g/mol. The molecular formula is C18H22N2O2. The van der Waals surface area contributed by atoms with Gasteiger partial charge in [-0.15, -0.1) is 0 Å². The molecule has 4 nitrogen and oxygen atoms in total. The molecule has 0 saturated heterocycles. The fraction of sp³-hybridized carbons (Fsp3) is 0.278. The normalized spacial score (nSPS) is 10.1. The van der Waals surface area contributed by atoms with Crippen molar-refractivity contribution < 1.29 is 9.53 Å². The Hall–Kier alpha value is -2.49. The molecule has 0 fully saturated rings. The highest BCUT2D eigenvalue weighted by molar-refractivity contribution is 5.75. The number of ether oxygens (including phenoxy) is 1. The lowest BCUT2D eigenvalue weighted by molar-refractivity contribution is -0.120. The van der Waals surface area contributed by atoms with E-state index in [1.165, 1.54) is 0 Å². The molecule has 22 heavy (non-hydrogen) atoms. The summed E-state index contributed by atoms with van der Waals surface area (Å²) in [6, 6.07) is 18.0. The smallest absolute Gasteiger partial charge is 0.219 e. The Labute approximate surface area is 131 Å². The summed E-state index contributed by atoms with van der Waals surface area (Å²) in [7, 11) is 1.66. The highest BCUT2D eigenvalue weighted by Crippen LogP contribution is 2.27. The average molecular weight is 298 g/mol. The quantitative estimate of drug-likeness (QED) is 0.852. The van der Waals surface area contributed by atoms with Crippen LogP contribution in [0.3, 0.4) is 0 Å². The topological polar surface area (TPSA) is 41.6 Å². The minimum atomic E-state index is 0.0682. The van der Waals surface area contributed by atoms with Crippen LogP contribution in [0, 0.1) is 0 Å². The number of amides is 1. The van der Waals surface area contributed by atoms with E-state index >= 15 is 0 Å². The summed E-state index contributed by atoms with van der Waals surface area (Å²) >= 11 is 0. The van der Waals surface area contributed by atoms with Crippen LogP contribution < -0.4 is 15.0 Å². The molecule has 0 heterocycles. The molecule has 2 aromatic rings. The molecule has 2 aromatic carbocycles. The van der Waals surface area contributed by atoms with E-state index in [4.69, 9.17) is 4.74 Å². The van der Waals surface area contributed by atoms with Gasteiger partial charge in [-0.1, -0.05) is 31.2 Å². The molecule has 0 radical (unpaired) electrons. The maximum absolute atomic E-state index is 11.4. The lowest BCUT2D eigenvalue weighted by atomic mass is 10.2. The van der Waals surface area contributed by atoms with Crippen molar-refractivity contribution in [2.75, 3.05) is 25.1 Å². The fourth-order valence-corrected chi connectivity index (χ4v) is 2.23. The summed E-state index contributed by atoms with van der Waals surface area (Å²) in [5, 5.41) is 2.92. The molecule has 0 aromatic heterocycles. The predicted molar refractivity (Wildman–Crippen MR) is 89.7 cm³/mol. The molecule has 0 atom stereocenters. The molecule has 4 heteroatoms. The van der Waals surface area contributed by atoms with E-state index in [1.807, 2.05) is 49.4 Å². The summed E-state index contributed by atoms with van der Waals surface area (Å²) in [6.45, 7) is 3.15. The Balaban J connectivity index is 2.19. The summed E-state index contributed by atoms with van der Waals surface area (Å²) < 4.78 is 5.30. The molecule has 1 amide bonds. The predicted octanol–water partition coefficient (Wildman–Crippen LogP) is 3.36. The van der Waals surface area contributed by atoms with E-state index in [0.717, 1.165) is 17.1 Å². The van der Waals surface area contributed by atoms with Crippen molar-refractivity contribution in [3.63, 3.8) is 0 Å². The highest BCUT2D eigenvalue weighted by Gasteiger charge is 2.10. The molecule has 0 unspecified atom stereocenters. The largest absolute Gasteiger partial charge is 0.497 e.